The third kappa shape index (κ3) is 2.96. The predicted molar refractivity (Wildman–Crippen MR) is 58.3 cm³/mol. The zero-order valence-electron chi connectivity index (χ0n) is 8.73. The first-order chi connectivity index (χ1) is 6.63. The number of carbonyl (C=O) groups excluding carboxylic acids is 1. The van der Waals surface area contributed by atoms with E-state index in [-0.39, 0.29) is 6.04 Å². The highest BCUT2D eigenvalue weighted by Crippen LogP contribution is 2.14. The number of hydrogen-bond acceptors (Lipinski definition) is 2. The lowest BCUT2D eigenvalue weighted by Crippen LogP contribution is -2.23. The van der Waals surface area contributed by atoms with Gasteiger partial charge >= 0.3 is 0 Å². The van der Waals surface area contributed by atoms with Gasteiger partial charge in [-0.3, -0.25) is 0 Å². The van der Waals surface area contributed by atoms with Crippen molar-refractivity contribution in [3.63, 3.8) is 0 Å². The van der Waals surface area contributed by atoms with E-state index in [4.69, 9.17) is 5.73 Å². The zero-order chi connectivity index (χ0) is 10.6. The van der Waals surface area contributed by atoms with Crippen molar-refractivity contribution >= 4 is 6.29 Å². The number of rotatable bonds is 4. The third-order valence-corrected chi connectivity index (χ3v) is 2.29. The van der Waals surface area contributed by atoms with Gasteiger partial charge in [0.2, 0.25) is 0 Å². The molecule has 2 heteroatoms. The Hall–Kier alpha value is -1.15. The molecule has 0 aliphatic carbocycles. The summed E-state index contributed by atoms with van der Waals surface area (Å²) in [7, 11) is 0. The van der Waals surface area contributed by atoms with E-state index in [0.29, 0.717) is 12.3 Å². The molecule has 0 amide bonds. The van der Waals surface area contributed by atoms with Crippen LogP contribution in [0.2, 0.25) is 0 Å². The molecule has 0 aliphatic rings. The van der Waals surface area contributed by atoms with Gasteiger partial charge in [0.05, 0.1) is 6.04 Å². The van der Waals surface area contributed by atoms with Gasteiger partial charge in [-0.15, -0.1) is 0 Å². The third-order valence-electron chi connectivity index (χ3n) is 2.29. The number of carbonyl (C=O) groups is 1. The fourth-order valence-corrected chi connectivity index (χ4v) is 1.36. The molecule has 0 aromatic heterocycles. The van der Waals surface area contributed by atoms with Gasteiger partial charge in [-0.05, 0) is 23.5 Å². The van der Waals surface area contributed by atoms with Gasteiger partial charge in [0.1, 0.15) is 6.29 Å². The number of benzene rings is 1. The van der Waals surface area contributed by atoms with Crippen molar-refractivity contribution in [1.82, 2.24) is 0 Å². The van der Waals surface area contributed by atoms with Crippen LogP contribution in [-0.2, 0) is 11.2 Å². The van der Waals surface area contributed by atoms with E-state index in [0.717, 1.165) is 11.8 Å². The Morgan fingerprint density at radius 3 is 2.29 bits per heavy atom. The Balaban J connectivity index is 2.68. The maximum absolute atomic E-state index is 10.4. The summed E-state index contributed by atoms with van der Waals surface area (Å²) in [6.07, 6.45) is 1.41. The van der Waals surface area contributed by atoms with E-state index in [2.05, 4.69) is 26.0 Å². The summed E-state index contributed by atoms with van der Waals surface area (Å²) in [6, 6.07) is 7.90. The van der Waals surface area contributed by atoms with Crippen LogP contribution < -0.4 is 5.73 Å². The van der Waals surface area contributed by atoms with Crippen molar-refractivity contribution in [3.8, 4) is 0 Å². The molecule has 2 N–H and O–H groups in total. The Morgan fingerprint density at radius 1 is 1.29 bits per heavy atom. The smallest absolute Gasteiger partial charge is 0.137 e. The van der Waals surface area contributed by atoms with E-state index < -0.39 is 0 Å². The van der Waals surface area contributed by atoms with Crippen molar-refractivity contribution in [2.45, 2.75) is 32.2 Å². The lowest BCUT2D eigenvalue weighted by molar-refractivity contribution is -0.108. The van der Waals surface area contributed by atoms with Gasteiger partial charge in [0.15, 0.2) is 0 Å². The fourth-order valence-electron chi connectivity index (χ4n) is 1.36. The maximum Gasteiger partial charge on any atom is 0.137 e. The molecule has 0 bridgehead atoms. The van der Waals surface area contributed by atoms with Gasteiger partial charge in [-0.25, -0.2) is 0 Å². The number of nitrogens with two attached hydrogens (primary N) is 1. The van der Waals surface area contributed by atoms with Gasteiger partial charge in [-0.1, -0.05) is 38.1 Å². The van der Waals surface area contributed by atoms with Crippen LogP contribution in [0.1, 0.15) is 30.9 Å². The Bertz CT molecular complexity index is 290. The quantitative estimate of drug-likeness (QED) is 0.738. The standard InChI is InChI=1S/C12H17NO/c1-9(2)11-5-3-10(4-6-11)7-12(13)8-14/h3-6,8-9,12H,7,13H2,1-2H3/t12-/m0/s1. The van der Waals surface area contributed by atoms with Gasteiger partial charge in [0, 0.05) is 0 Å². The lowest BCUT2D eigenvalue weighted by Gasteiger charge is -2.07. The average Bonchev–Trinajstić information content (AvgIpc) is 2.18. The van der Waals surface area contributed by atoms with Crippen molar-refractivity contribution in [1.29, 1.82) is 0 Å². The topological polar surface area (TPSA) is 43.1 Å². The van der Waals surface area contributed by atoms with E-state index in [1.807, 2.05) is 12.1 Å². The largest absolute Gasteiger partial charge is 0.321 e. The fraction of sp³-hybridized carbons (Fsp3) is 0.417. The van der Waals surface area contributed by atoms with Crippen LogP contribution in [0.5, 0.6) is 0 Å². The van der Waals surface area contributed by atoms with Crippen molar-refractivity contribution < 1.29 is 4.79 Å². The first kappa shape index (κ1) is 10.9. The minimum Gasteiger partial charge on any atom is -0.321 e. The van der Waals surface area contributed by atoms with Gasteiger partial charge < -0.3 is 10.5 Å². The van der Waals surface area contributed by atoms with Crippen LogP contribution in [0.4, 0.5) is 0 Å². The molecule has 1 rings (SSSR count). The summed E-state index contributed by atoms with van der Waals surface area (Å²) in [6.45, 7) is 4.32. The minimum atomic E-state index is -0.375. The van der Waals surface area contributed by atoms with Crippen molar-refractivity contribution in [2.24, 2.45) is 5.73 Å². The van der Waals surface area contributed by atoms with E-state index in [1.54, 1.807) is 0 Å². The minimum absolute atomic E-state index is 0.375. The molecule has 0 aliphatic heterocycles. The van der Waals surface area contributed by atoms with Crippen LogP contribution in [0.15, 0.2) is 24.3 Å². The van der Waals surface area contributed by atoms with Crippen molar-refractivity contribution in [2.75, 3.05) is 0 Å². The second kappa shape index (κ2) is 4.91. The molecule has 0 unspecified atom stereocenters. The normalized spacial score (nSPS) is 12.9. The Kier molecular flexibility index (Phi) is 3.84. The van der Waals surface area contributed by atoms with E-state index in [1.165, 1.54) is 5.56 Å². The second-order valence-electron chi connectivity index (χ2n) is 3.90. The lowest BCUT2D eigenvalue weighted by atomic mass is 9.99. The molecule has 14 heavy (non-hydrogen) atoms. The number of aldehydes is 1. The highest BCUT2D eigenvalue weighted by Gasteiger charge is 2.03. The molecular weight excluding hydrogens is 174 g/mol. The summed E-state index contributed by atoms with van der Waals surface area (Å²) in [4.78, 5) is 10.4. The van der Waals surface area contributed by atoms with Crippen molar-refractivity contribution in [3.05, 3.63) is 35.4 Å². The molecular formula is C12H17NO. The average molecular weight is 191 g/mol. The summed E-state index contributed by atoms with van der Waals surface area (Å²) in [5.41, 5.74) is 7.97. The molecule has 2 nitrogen and oxygen atoms in total. The Morgan fingerprint density at radius 2 is 1.86 bits per heavy atom. The molecule has 76 valence electrons. The molecule has 1 aromatic rings. The van der Waals surface area contributed by atoms with Crippen LogP contribution in [0.25, 0.3) is 0 Å². The maximum atomic E-state index is 10.4. The summed E-state index contributed by atoms with van der Waals surface area (Å²) in [5, 5.41) is 0. The molecule has 0 radical (unpaired) electrons. The van der Waals surface area contributed by atoms with Gasteiger partial charge in [-0.2, -0.15) is 0 Å². The zero-order valence-corrected chi connectivity index (χ0v) is 8.73. The molecule has 0 spiro atoms. The van der Waals surface area contributed by atoms with Crippen LogP contribution in [0.3, 0.4) is 0 Å². The number of hydrogen-bond donors (Lipinski definition) is 1. The first-order valence-corrected chi connectivity index (χ1v) is 4.93. The molecule has 0 fully saturated rings. The van der Waals surface area contributed by atoms with E-state index >= 15 is 0 Å². The van der Waals surface area contributed by atoms with Gasteiger partial charge in [0.25, 0.3) is 0 Å². The summed E-state index contributed by atoms with van der Waals surface area (Å²) in [5.74, 6) is 0.545. The highest BCUT2D eigenvalue weighted by atomic mass is 16.1. The predicted octanol–water partition coefficient (Wildman–Crippen LogP) is 1.88. The van der Waals surface area contributed by atoms with Crippen LogP contribution >= 0.6 is 0 Å². The van der Waals surface area contributed by atoms with E-state index in [9.17, 15) is 4.79 Å². The molecule has 0 saturated heterocycles. The SMILES string of the molecule is CC(C)c1ccc(C[C@H](N)C=O)cc1. The Labute approximate surface area is 85.1 Å². The molecule has 1 aromatic carbocycles. The monoisotopic (exact) mass is 191 g/mol. The molecule has 0 heterocycles. The molecule has 0 saturated carbocycles. The van der Waals surface area contributed by atoms with Crippen LogP contribution in [-0.4, -0.2) is 12.3 Å². The first-order valence-electron chi connectivity index (χ1n) is 4.93. The molecule has 1 atom stereocenters. The summed E-state index contributed by atoms with van der Waals surface area (Å²) >= 11 is 0. The van der Waals surface area contributed by atoms with Crippen LogP contribution in [0, 0.1) is 0 Å². The highest BCUT2D eigenvalue weighted by molar-refractivity contribution is 5.57. The summed E-state index contributed by atoms with van der Waals surface area (Å²) < 4.78 is 0. The second-order valence-corrected chi connectivity index (χ2v) is 3.90.